The second kappa shape index (κ2) is 9.83. The Morgan fingerprint density at radius 3 is 2.54 bits per heavy atom. The van der Waals surface area contributed by atoms with Crippen LogP contribution in [0.5, 0.6) is 0 Å². The zero-order valence-electron chi connectivity index (χ0n) is 19.2. The predicted octanol–water partition coefficient (Wildman–Crippen LogP) is 3.15. The Balaban J connectivity index is 1.32. The Morgan fingerprint density at radius 1 is 1.09 bits per heavy atom. The molecule has 0 bridgehead atoms. The molecule has 182 valence electrons. The fourth-order valence-corrected chi connectivity index (χ4v) is 5.16. The molecule has 0 saturated carbocycles. The number of carbonyl (C=O) groups is 2. The van der Waals surface area contributed by atoms with E-state index in [9.17, 15) is 22.4 Å². The molecule has 0 spiro atoms. The first kappa shape index (κ1) is 24.3. The third-order valence-corrected chi connectivity index (χ3v) is 7.14. The van der Waals surface area contributed by atoms with Crippen molar-refractivity contribution in [1.29, 1.82) is 0 Å². The number of amidine groups is 1. The number of Topliss-reactive ketones (excluding diaryl/α,β-unsaturated/α-hetero) is 1. The van der Waals surface area contributed by atoms with Crippen LogP contribution < -0.4 is 4.72 Å². The smallest absolute Gasteiger partial charge is 0.308 e. The number of rotatable bonds is 8. The van der Waals surface area contributed by atoms with Crippen LogP contribution in [-0.2, 0) is 26.1 Å². The number of sulfonamides is 1. The highest BCUT2D eigenvalue weighted by Crippen LogP contribution is 2.22. The van der Waals surface area contributed by atoms with Crippen molar-refractivity contribution in [2.24, 2.45) is 4.99 Å². The van der Waals surface area contributed by atoms with Gasteiger partial charge < -0.3 is 9.30 Å². The summed E-state index contributed by atoms with van der Waals surface area (Å²) in [5, 5.41) is 0. The van der Waals surface area contributed by atoms with Gasteiger partial charge in [-0.1, -0.05) is 24.3 Å². The molecule has 1 aromatic heterocycles. The summed E-state index contributed by atoms with van der Waals surface area (Å²) in [5.74, 6) is -1.08. The van der Waals surface area contributed by atoms with Crippen molar-refractivity contribution < 1.29 is 27.1 Å². The summed E-state index contributed by atoms with van der Waals surface area (Å²) in [5.41, 5.74) is 3.39. The molecule has 0 amide bonds. The number of nitrogens with one attached hydrogen (secondary N) is 1. The quantitative estimate of drug-likeness (QED) is 0.380. The average molecular weight is 498 g/mol. The molecular formula is C25H24FN3O5S. The highest BCUT2D eigenvalue weighted by Gasteiger charge is 2.30. The van der Waals surface area contributed by atoms with Crippen LogP contribution in [0.1, 0.15) is 39.3 Å². The van der Waals surface area contributed by atoms with Crippen LogP contribution >= 0.6 is 0 Å². The summed E-state index contributed by atoms with van der Waals surface area (Å²) in [6.45, 7) is 3.76. The second-order valence-electron chi connectivity index (χ2n) is 8.16. The van der Waals surface area contributed by atoms with Gasteiger partial charge in [0.1, 0.15) is 11.7 Å². The van der Waals surface area contributed by atoms with Crippen molar-refractivity contribution in [1.82, 2.24) is 9.29 Å². The van der Waals surface area contributed by atoms with E-state index >= 15 is 0 Å². The molecule has 4 rings (SSSR count). The standard InChI is InChI=1S/C25H24FN3O5S/c1-16-13-21(17(2)29(16)14-18-7-9-19(26)10-8-18)22(30)15-34-24(31)11-12-27-25-20-5-3-4-6-23(20)35(32,33)28-25/h3-10,13H,11-12,14-15H2,1-2H3,(H,27,28). The number of hydrogen-bond acceptors (Lipinski definition) is 6. The molecule has 0 radical (unpaired) electrons. The van der Waals surface area contributed by atoms with E-state index in [1.165, 1.54) is 18.2 Å². The fourth-order valence-electron chi connectivity index (χ4n) is 3.91. The van der Waals surface area contributed by atoms with Gasteiger partial charge in [0, 0.05) is 29.1 Å². The van der Waals surface area contributed by atoms with E-state index in [0.29, 0.717) is 17.7 Å². The summed E-state index contributed by atoms with van der Waals surface area (Å²) in [6, 6.07) is 14.3. The van der Waals surface area contributed by atoms with E-state index in [4.69, 9.17) is 4.74 Å². The first-order chi connectivity index (χ1) is 16.7. The van der Waals surface area contributed by atoms with Crippen LogP contribution in [-0.4, -0.2) is 43.7 Å². The van der Waals surface area contributed by atoms with Crippen LogP contribution in [0.4, 0.5) is 4.39 Å². The second-order valence-corrected chi connectivity index (χ2v) is 9.81. The minimum atomic E-state index is -3.65. The van der Waals surface area contributed by atoms with E-state index in [-0.39, 0.29) is 35.3 Å². The van der Waals surface area contributed by atoms with Gasteiger partial charge in [-0.25, -0.2) is 12.8 Å². The van der Waals surface area contributed by atoms with E-state index < -0.39 is 22.6 Å². The van der Waals surface area contributed by atoms with E-state index in [0.717, 1.165) is 17.0 Å². The molecule has 2 aromatic carbocycles. The third kappa shape index (κ3) is 5.32. The van der Waals surface area contributed by atoms with Gasteiger partial charge in [0.2, 0.25) is 5.78 Å². The number of carbonyl (C=O) groups excluding carboxylic acids is 2. The molecule has 2 heterocycles. The highest BCUT2D eigenvalue weighted by molar-refractivity contribution is 7.90. The number of aryl methyl sites for hydroxylation is 1. The summed E-state index contributed by atoms with van der Waals surface area (Å²) in [6.07, 6.45) is -0.107. The van der Waals surface area contributed by atoms with Gasteiger partial charge in [-0.15, -0.1) is 0 Å². The van der Waals surface area contributed by atoms with Gasteiger partial charge in [0.25, 0.3) is 10.0 Å². The highest BCUT2D eigenvalue weighted by atomic mass is 32.2. The molecule has 0 saturated heterocycles. The normalized spacial score (nSPS) is 15.0. The number of ether oxygens (including phenoxy) is 1. The average Bonchev–Trinajstić information content (AvgIpc) is 3.26. The van der Waals surface area contributed by atoms with Crippen LogP contribution in [0.2, 0.25) is 0 Å². The maximum absolute atomic E-state index is 13.2. The summed E-state index contributed by atoms with van der Waals surface area (Å²) < 4.78 is 46.8. The number of aromatic nitrogens is 1. The molecule has 8 nitrogen and oxygen atoms in total. The van der Waals surface area contributed by atoms with Gasteiger partial charge in [-0.2, -0.15) is 0 Å². The molecule has 1 aliphatic rings. The Bertz CT molecular complexity index is 1430. The molecule has 10 heteroatoms. The first-order valence-corrected chi connectivity index (χ1v) is 12.4. The number of halogens is 1. The van der Waals surface area contributed by atoms with Crippen LogP contribution in [0, 0.1) is 19.7 Å². The van der Waals surface area contributed by atoms with Crippen LogP contribution in [0.3, 0.4) is 0 Å². The number of benzene rings is 2. The molecule has 35 heavy (non-hydrogen) atoms. The number of nitrogens with zero attached hydrogens (tertiary/aromatic N) is 2. The number of esters is 1. The molecule has 0 fully saturated rings. The van der Waals surface area contributed by atoms with Crippen molar-refractivity contribution in [3.8, 4) is 0 Å². The lowest BCUT2D eigenvalue weighted by Gasteiger charge is -2.10. The predicted molar refractivity (Wildman–Crippen MR) is 127 cm³/mol. The number of ketones is 1. The fraction of sp³-hybridized carbons (Fsp3) is 0.240. The Hall–Kier alpha value is -3.79. The zero-order valence-corrected chi connectivity index (χ0v) is 20.1. The van der Waals surface area contributed by atoms with Crippen molar-refractivity contribution >= 4 is 27.6 Å². The van der Waals surface area contributed by atoms with Crippen molar-refractivity contribution in [3.63, 3.8) is 0 Å². The maximum atomic E-state index is 13.2. The van der Waals surface area contributed by atoms with E-state index in [1.807, 2.05) is 18.4 Å². The number of hydrogen-bond donors (Lipinski definition) is 1. The number of aliphatic imine (C=N–C) groups is 1. The molecule has 1 aliphatic heterocycles. The van der Waals surface area contributed by atoms with Gasteiger partial charge in [-0.05, 0) is 49.7 Å². The van der Waals surface area contributed by atoms with Gasteiger partial charge >= 0.3 is 5.97 Å². The topological polar surface area (TPSA) is 107 Å². The molecule has 0 aliphatic carbocycles. The minimum Gasteiger partial charge on any atom is -0.457 e. The molecule has 1 N–H and O–H groups in total. The van der Waals surface area contributed by atoms with Crippen LogP contribution in [0.15, 0.2) is 64.5 Å². The van der Waals surface area contributed by atoms with Crippen molar-refractivity contribution in [2.75, 3.05) is 13.2 Å². The molecule has 3 aromatic rings. The van der Waals surface area contributed by atoms with Gasteiger partial charge in [0.05, 0.1) is 17.9 Å². The third-order valence-electron chi connectivity index (χ3n) is 5.74. The van der Waals surface area contributed by atoms with Crippen molar-refractivity contribution in [3.05, 3.63) is 88.5 Å². The Labute approximate surface area is 202 Å². The monoisotopic (exact) mass is 497 g/mol. The van der Waals surface area contributed by atoms with E-state index in [1.54, 1.807) is 36.4 Å². The maximum Gasteiger partial charge on any atom is 0.308 e. The van der Waals surface area contributed by atoms with E-state index in [2.05, 4.69) is 9.71 Å². The van der Waals surface area contributed by atoms with Crippen molar-refractivity contribution in [2.45, 2.75) is 31.7 Å². The van der Waals surface area contributed by atoms with Crippen LogP contribution in [0.25, 0.3) is 0 Å². The minimum absolute atomic E-state index is 0.00535. The Kier molecular flexibility index (Phi) is 6.83. The molecule has 0 unspecified atom stereocenters. The summed E-state index contributed by atoms with van der Waals surface area (Å²) in [4.78, 5) is 29.1. The molecular weight excluding hydrogens is 473 g/mol. The lowest BCUT2D eigenvalue weighted by molar-refractivity contribution is -0.142. The largest absolute Gasteiger partial charge is 0.457 e. The van der Waals surface area contributed by atoms with Gasteiger partial charge in [-0.3, -0.25) is 19.3 Å². The SMILES string of the molecule is Cc1cc(C(=O)COC(=O)CCN=C2NS(=O)(=O)c3ccccc32)c(C)n1Cc1ccc(F)cc1. The summed E-state index contributed by atoms with van der Waals surface area (Å²) in [7, 11) is -3.65. The Morgan fingerprint density at radius 2 is 1.80 bits per heavy atom. The van der Waals surface area contributed by atoms with Gasteiger partial charge in [0.15, 0.2) is 6.61 Å². The zero-order chi connectivity index (χ0) is 25.2. The molecule has 0 atom stereocenters. The first-order valence-electron chi connectivity index (χ1n) is 10.9. The lowest BCUT2D eigenvalue weighted by atomic mass is 10.1. The summed E-state index contributed by atoms with van der Waals surface area (Å²) >= 11 is 0. The number of fused-ring (bicyclic) bond motifs is 1. The lowest BCUT2D eigenvalue weighted by Crippen LogP contribution is -2.22.